The highest BCUT2D eigenvalue weighted by molar-refractivity contribution is 8.04. The summed E-state index contributed by atoms with van der Waals surface area (Å²) in [6.45, 7) is 3.44. The number of aromatic nitrogens is 2. The van der Waals surface area contributed by atoms with Crippen LogP contribution in [0, 0.1) is 12.7 Å². The standard InChI is InChI=1S/C20H21FN4O2S2/c1-13-15(19(23-27-13)16-5-3-14(21)11-22-16)4-6-18-24(2)12-17(29-18)20(26)25-7-9-28-10-8-25/h3-6,11-12,18H,7-10H2,1-2H3. The lowest BCUT2D eigenvalue weighted by molar-refractivity contribution is -0.126. The van der Waals surface area contributed by atoms with Crippen LogP contribution in [0.1, 0.15) is 11.3 Å². The Balaban J connectivity index is 1.48. The summed E-state index contributed by atoms with van der Waals surface area (Å²) >= 11 is 3.42. The van der Waals surface area contributed by atoms with Crippen molar-refractivity contribution in [1.82, 2.24) is 19.9 Å². The highest BCUT2D eigenvalue weighted by atomic mass is 32.2. The fourth-order valence-electron chi connectivity index (χ4n) is 3.16. The minimum Gasteiger partial charge on any atom is -0.364 e. The smallest absolute Gasteiger partial charge is 0.261 e. The van der Waals surface area contributed by atoms with Crippen molar-refractivity contribution >= 4 is 35.5 Å². The zero-order valence-corrected chi connectivity index (χ0v) is 17.8. The number of nitrogens with zero attached hydrogens (tertiary/aromatic N) is 4. The van der Waals surface area contributed by atoms with Gasteiger partial charge in [-0.2, -0.15) is 11.8 Å². The first-order valence-electron chi connectivity index (χ1n) is 9.27. The molecule has 0 spiro atoms. The first kappa shape index (κ1) is 20.0. The Labute approximate surface area is 177 Å². The average molecular weight is 433 g/mol. The molecular weight excluding hydrogens is 411 g/mol. The van der Waals surface area contributed by atoms with Crippen LogP contribution in [-0.2, 0) is 4.79 Å². The SMILES string of the molecule is Cc1onc(-c2ccc(F)cn2)c1C=CC1SC(C(=O)N2CCSCC2)=CN1C. The van der Waals surface area contributed by atoms with E-state index in [0.717, 1.165) is 41.3 Å². The maximum absolute atomic E-state index is 13.2. The van der Waals surface area contributed by atoms with E-state index in [1.807, 2.05) is 53.9 Å². The number of thioether (sulfide) groups is 2. The monoisotopic (exact) mass is 432 g/mol. The number of hydrogen-bond acceptors (Lipinski definition) is 7. The molecular formula is C20H21FN4O2S2. The van der Waals surface area contributed by atoms with Crippen molar-refractivity contribution in [2.45, 2.75) is 12.3 Å². The number of pyridine rings is 1. The van der Waals surface area contributed by atoms with Gasteiger partial charge in [0.05, 0.1) is 22.2 Å². The number of carbonyl (C=O) groups is 1. The van der Waals surface area contributed by atoms with Crippen LogP contribution in [0.2, 0.25) is 0 Å². The molecule has 1 atom stereocenters. The molecule has 0 aromatic carbocycles. The molecule has 2 aromatic heterocycles. The van der Waals surface area contributed by atoms with E-state index in [2.05, 4.69) is 10.1 Å². The normalized spacial score (nSPS) is 19.8. The van der Waals surface area contributed by atoms with Gasteiger partial charge in [-0.05, 0) is 19.1 Å². The summed E-state index contributed by atoms with van der Waals surface area (Å²) in [7, 11) is 1.96. The molecule has 4 heterocycles. The van der Waals surface area contributed by atoms with Crippen LogP contribution in [-0.4, -0.2) is 62.9 Å². The van der Waals surface area contributed by atoms with Gasteiger partial charge >= 0.3 is 0 Å². The van der Waals surface area contributed by atoms with Gasteiger partial charge in [-0.1, -0.05) is 29.1 Å². The van der Waals surface area contributed by atoms with E-state index in [0.29, 0.717) is 17.1 Å². The molecule has 0 radical (unpaired) electrons. The first-order valence-corrected chi connectivity index (χ1v) is 11.3. The largest absolute Gasteiger partial charge is 0.364 e. The predicted octanol–water partition coefficient (Wildman–Crippen LogP) is 3.62. The third kappa shape index (κ3) is 4.35. The van der Waals surface area contributed by atoms with Crippen molar-refractivity contribution in [2.24, 2.45) is 0 Å². The van der Waals surface area contributed by atoms with Crippen molar-refractivity contribution < 1.29 is 13.7 Å². The van der Waals surface area contributed by atoms with Crippen LogP contribution in [0.4, 0.5) is 4.39 Å². The molecule has 0 N–H and O–H groups in total. The van der Waals surface area contributed by atoms with Gasteiger partial charge in [0, 0.05) is 43.4 Å². The van der Waals surface area contributed by atoms with Crippen LogP contribution in [0.5, 0.6) is 0 Å². The minimum absolute atomic E-state index is 0.00329. The summed E-state index contributed by atoms with van der Waals surface area (Å²) in [5.74, 6) is 2.36. The molecule has 152 valence electrons. The van der Waals surface area contributed by atoms with Gasteiger partial charge in [-0.15, -0.1) is 0 Å². The zero-order chi connectivity index (χ0) is 20.4. The van der Waals surface area contributed by atoms with E-state index in [9.17, 15) is 9.18 Å². The molecule has 2 aliphatic heterocycles. The van der Waals surface area contributed by atoms with Crippen LogP contribution < -0.4 is 0 Å². The Morgan fingerprint density at radius 3 is 2.86 bits per heavy atom. The van der Waals surface area contributed by atoms with E-state index in [4.69, 9.17) is 4.52 Å². The molecule has 1 unspecified atom stereocenters. The van der Waals surface area contributed by atoms with E-state index >= 15 is 0 Å². The molecule has 1 saturated heterocycles. The molecule has 29 heavy (non-hydrogen) atoms. The van der Waals surface area contributed by atoms with Gasteiger partial charge in [0.15, 0.2) is 0 Å². The fourth-order valence-corrected chi connectivity index (χ4v) is 5.16. The minimum atomic E-state index is -0.398. The van der Waals surface area contributed by atoms with Crippen molar-refractivity contribution in [2.75, 3.05) is 31.6 Å². The van der Waals surface area contributed by atoms with Crippen LogP contribution in [0.25, 0.3) is 17.5 Å². The third-order valence-electron chi connectivity index (χ3n) is 4.78. The summed E-state index contributed by atoms with van der Waals surface area (Å²) in [4.78, 5) is 21.6. The van der Waals surface area contributed by atoms with Crippen molar-refractivity contribution in [1.29, 1.82) is 0 Å². The Morgan fingerprint density at radius 1 is 1.34 bits per heavy atom. The Kier molecular flexibility index (Phi) is 5.96. The molecule has 6 nitrogen and oxygen atoms in total. The topological polar surface area (TPSA) is 62.5 Å². The molecule has 9 heteroatoms. The van der Waals surface area contributed by atoms with Gasteiger partial charge in [0.25, 0.3) is 5.91 Å². The molecule has 0 saturated carbocycles. The number of amides is 1. The van der Waals surface area contributed by atoms with E-state index in [1.165, 1.54) is 17.8 Å². The third-order valence-corrected chi connectivity index (χ3v) is 6.99. The molecule has 4 rings (SSSR count). The van der Waals surface area contributed by atoms with Crippen molar-refractivity contribution in [3.05, 3.63) is 52.7 Å². The van der Waals surface area contributed by atoms with Gasteiger partial charge in [0.2, 0.25) is 0 Å². The molecule has 1 amide bonds. The van der Waals surface area contributed by atoms with Crippen LogP contribution in [0.15, 0.2) is 40.0 Å². The lowest BCUT2D eigenvalue weighted by Gasteiger charge is -2.26. The summed E-state index contributed by atoms with van der Waals surface area (Å²) < 4.78 is 18.5. The number of carbonyl (C=O) groups excluding carboxylic acids is 1. The Hall–Kier alpha value is -2.26. The Morgan fingerprint density at radius 2 is 2.14 bits per heavy atom. The average Bonchev–Trinajstić information content (AvgIpc) is 3.29. The highest BCUT2D eigenvalue weighted by Gasteiger charge is 2.29. The van der Waals surface area contributed by atoms with E-state index in [-0.39, 0.29) is 11.3 Å². The molecule has 0 bridgehead atoms. The second-order valence-corrected chi connectivity index (χ2v) is 9.18. The maximum Gasteiger partial charge on any atom is 0.261 e. The van der Waals surface area contributed by atoms with Gasteiger partial charge in [-0.3, -0.25) is 9.78 Å². The number of likely N-dealkylation sites (N-methyl/N-ethyl adjacent to an activating group) is 1. The number of aryl methyl sites for hydroxylation is 1. The lowest BCUT2D eigenvalue weighted by atomic mass is 10.1. The maximum atomic E-state index is 13.2. The zero-order valence-electron chi connectivity index (χ0n) is 16.2. The summed E-state index contributed by atoms with van der Waals surface area (Å²) in [6.07, 6.45) is 7.01. The van der Waals surface area contributed by atoms with Crippen LogP contribution >= 0.6 is 23.5 Å². The molecule has 2 aliphatic rings. The summed E-state index contributed by atoms with van der Waals surface area (Å²) in [5.41, 5.74) is 1.91. The van der Waals surface area contributed by atoms with Gasteiger partial charge in [0.1, 0.15) is 17.3 Å². The van der Waals surface area contributed by atoms with Crippen molar-refractivity contribution in [3.8, 4) is 11.4 Å². The van der Waals surface area contributed by atoms with Gasteiger partial charge in [-0.25, -0.2) is 4.39 Å². The Bertz CT molecular complexity index is 952. The van der Waals surface area contributed by atoms with Crippen molar-refractivity contribution in [3.63, 3.8) is 0 Å². The number of hydrogen-bond donors (Lipinski definition) is 0. The van der Waals surface area contributed by atoms with Crippen LogP contribution in [0.3, 0.4) is 0 Å². The highest BCUT2D eigenvalue weighted by Crippen LogP contribution is 2.35. The molecule has 0 aliphatic carbocycles. The summed E-state index contributed by atoms with van der Waals surface area (Å²) in [5, 5.41) is 4.07. The summed E-state index contributed by atoms with van der Waals surface area (Å²) in [6, 6.07) is 2.93. The predicted molar refractivity (Wildman–Crippen MR) is 115 cm³/mol. The number of halogens is 1. The second-order valence-electron chi connectivity index (χ2n) is 6.79. The quantitative estimate of drug-likeness (QED) is 0.731. The molecule has 1 fully saturated rings. The number of rotatable bonds is 4. The first-order chi connectivity index (χ1) is 14.0. The van der Waals surface area contributed by atoms with E-state index < -0.39 is 5.82 Å². The second kappa shape index (κ2) is 8.62. The lowest BCUT2D eigenvalue weighted by Crippen LogP contribution is -2.38. The fraction of sp³-hybridized carbons (Fsp3) is 0.350. The van der Waals surface area contributed by atoms with E-state index in [1.54, 1.807) is 6.07 Å². The van der Waals surface area contributed by atoms with Gasteiger partial charge < -0.3 is 14.3 Å². The molecule has 2 aromatic rings.